The Balaban J connectivity index is 1.62. The molecular formula is C19H16F6N4O. The van der Waals surface area contributed by atoms with Crippen molar-refractivity contribution in [1.82, 2.24) is 10.3 Å². The summed E-state index contributed by atoms with van der Waals surface area (Å²) in [5, 5.41) is 11.6. The second-order valence-electron chi connectivity index (χ2n) is 6.70. The Kier molecular flexibility index (Phi) is 5.99. The first-order valence-corrected chi connectivity index (χ1v) is 8.80. The molecule has 0 radical (unpaired) electrons. The smallest absolute Gasteiger partial charge is 0.350 e. The summed E-state index contributed by atoms with van der Waals surface area (Å²) >= 11 is 0. The molecule has 3 rings (SSSR count). The molecule has 160 valence electrons. The molecule has 2 aromatic rings. The number of carbonyl (C=O) groups is 1. The van der Waals surface area contributed by atoms with Crippen LogP contribution in [-0.4, -0.2) is 30.0 Å². The van der Waals surface area contributed by atoms with Crippen molar-refractivity contribution in [1.29, 1.82) is 0 Å². The number of benzene rings is 2. The van der Waals surface area contributed by atoms with Crippen molar-refractivity contribution in [2.45, 2.75) is 24.9 Å². The first-order chi connectivity index (χ1) is 14.0. The van der Waals surface area contributed by atoms with E-state index in [1.807, 2.05) is 0 Å². The molecule has 0 fully saturated rings. The minimum Gasteiger partial charge on any atom is -0.350 e. The van der Waals surface area contributed by atoms with E-state index in [0.29, 0.717) is 17.7 Å². The zero-order valence-corrected chi connectivity index (χ0v) is 15.3. The van der Waals surface area contributed by atoms with Crippen LogP contribution >= 0.6 is 0 Å². The molecule has 1 unspecified atom stereocenters. The molecule has 0 aliphatic carbocycles. The highest BCUT2D eigenvalue weighted by atomic mass is 19.4. The lowest BCUT2D eigenvalue weighted by molar-refractivity contribution is -0.143. The second-order valence-corrected chi connectivity index (χ2v) is 6.70. The van der Waals surface area contributed by atoms with Crippen LogP contribution < -0.4 is 5.32 Å². The van der Waals surface area contributed by atoms with Gasteiger partial charge in [0.05, 0.1) is 24.2 Å². The number of hydrogen-bond acceptors (Lipinski definition) is 4. The molecule has 1 N–H and O–H groups in total. The summed E-state index contributed by atoms with van der Waals surface area (Å²) in [6.07, 6.45) is -9.82. The fourth-order valence-corrected chi connectivity index (χ4v) is 2.89. The Morgan fingerprint density at radius 2 is 1.60 bits per heavy atom. The lowest BCUT2D eigenvalue weighted by Crippen LogP contribution is -2.34. The zero-order chi connectivity index (χ0) is 21.9. The van der Waals surface area contributed by atoms with E-state index in [4.69, 9.17) is 0 Å². The van der Waals surface area contributed by atoms with Crippen LogP contribution in [0.25, 0.3) is 0 Å². The highest BCUT2D eigenvalue weighted by molar-refractivity contribution is 5.94. The molecule has 2 aromatic carbocycles. The van der Waals surface area contributed by atoms with Crippen molar-refractivity contribution in [2.75, 3.05) is 13.1 Å². The van der Waals surface area contributed by atoms with Crippen LogP contribution in [0.1, 0.15) is 27.0 Å². The highest BCUT2D eigenvalue weighted by Gasteiger charge is 2.37. The lowest BCUT2D eigenvalue weighted by atomic mass is 10.0. The largest absolute Gasteiger partial charge is 0.416 e. The van der Waals surface area contributed by atoms with Gasteiger partial charge in [0.2, 0.25) is 0 Å². The molecular weight excluding hydrogens is 414 g/mol. The molecule has 30 heavy (non-hydrogen) atoms. The molecule has 1 aliphatic rings. The van der Waals surface area contributed by atoms with Crippen molar-refractivity contribution >= 4 is 5.91 Å². The van der Waals surface area contributed by atoms with Crippen LogP contribution in [-0.2, 0) is 18.9 Å². The third-order valence-electron chi connectivity index (χ3n) is 4.31. The van der Waals surface area contributed by atoms with Gasteiger partial charge in [0, 0.05) is 12.1 Å². The molecule has 1 atom stereocenters. The van der Waals surface area contributed by atoms with E-state index in [-0.39, 0.29) is 37.2 Å². The summed E-state index contributed by atoms with van der Waals surface area (Å²) in [5.74, 6) is -0.322. The molecule has 1 amide bonds. The molecule has 0 aromatic heterocycles. The topological polar surface area (TPSA) is 57.1 Å². The maximum absolute atomic E-state index is 13.0. The lowest BCUT2D eigenvalue weighted by Gasteiger charge is -2.18. The fraction of sp³-hybridized carbons (Fsp3) is 0.316. The summed E-state index contributed by atoms with van der Waals surface area (Å²) in [6.45, 7) is -0.00355. The number of carbonyl (C=O) groups excluding carboxylic acids is 1. The van der Waals surface area contributed by atoms with Crippen LogP contribution in [0.4, 0.5) is 26.3 Å². The zero-order valence-electron chi connectivity index (χ0n) is 15.3. The van der Waals surface area contributed by atoms with Gasteiger partial charge in [-0.15, -0.1) is 0 Å². The number of halogens is 6. The maximum atomic E-state index is 13.0. The fourth-order valence-electron chi connectivity index (χ4n) is 2.89. The molecule has 11 heteroatoms. The Morgan fingerprint density at radius 3 is 2.17 bits per heavy atom. The Labute approximate surface area is 167 Å². The molecule has 0 saturated carbocycles. The number of alkyl halides is 6. The quantitative estimate of drug-likeness (QED) is 0.699. The van der Waals surface area contributed by atoms with Crippen LogP contribution in [0, 0.1) is 0 Å². The first kappa shape index (κ1) is 21.6. The summed E-state index contributed by atoms with van der Waals surface area (Å²) in [7, 11) is 0. The Hall–Kier alpha value is -3.11. The van der Waals surface area contributed by atoms with Crippen molar-refractivity contribution in [3.8, 4) is 0 Å². The van der Waals surface area contributed by atoms with E-state index in [1.165, 1.54) is 5.01 Å². The van der Waals surface area contributed by atoms with Gasteiger partial charge in [-0.05, 0) is 35.9 Å². The van der Waals surface area contributed by atoms with Crippen molar-refractivity contribution in [3.05, 3.63) is 70.8 Å². The third kappa shape index (κ3) is 5.49. The van der Waals surface area contributed by atoms with Crippen LogP contribution in [0.2, 0.25) is 0 Å². The SMILES string of the molecule is O=C(NCC1CN(Cc2cc(C(F)(F)F)cc(C(F)(F)F)c2)N=N1)c1ccccc1. The van der Waals surface area contributed by atoms with Gasteiger partial charge >= 0.3 is 12.4 Å². The Morgan fingerprint density at radius 1 is 1.00 bits per heavy atom. The van der Waals surface area contributed by atoms with Gasteiger partial charge in [0.15, 0.2) is 0 Å². The second kappa shape index (κ2) is 8.33. The van der Waals surface area contributed by atoms with E-state index < -0.39 is 29.5 Å². The average Bonchev–Trinajstić information content (AvgIpc) is 3.12. The van der Waals surface area contributed by atoms with Gasteiger partial charge in [-0.2, -0.15) is 31.5 Å². The summed E-state index contributed by atoms with van der Waals surface area (Å²) < 4.78 is 77.8. The number of nitrogens with one attached hydrogen (secondary N) is 1. The van der Waals surface area contributed by atoms with Crippen LogP contribution in [0.3, 0.4) is 0 Å². The van der Waals surface area contributed by atoms with Gasteiger partial charge in [-0.25, -0.2) is 0 Å². The van der Waals surface area contributed by atoms with E-state index in [9.17, 15) is 31.1 Å². The molecule has 1 heterocycles. The van der Waals surface area contributed by atoms with E-state index in [2.05, 4.69) is 15.7 Å². The van der Waals surface area contributed by atoms with Gasteiger partial charge in [0.1, 0.15) is 6.04 Å². The minimum atomic E-state index is -4.91. The summed E-state index contributed by atoms with van der Waals surface area (Å²) in [6, 6.07) is 9.37. The summed E-state index contributed by atoms with van der Waals surface area (Å²) in [4.78, 5) is 12.0. The number of hydrogen-bond donors (Lipinski definition) is 1. The van der Waals surface area contributed by atoms with Gasteiger partial charge < -0.3 is 5.32 Å². The molecule has 1 aliphatic heterocycles. The average molecular weight is 430 g/mol. The standard InChI is InChI=1S/C19H16F6N4O/c20-18(21,22)14-6-12(7-15(8-14)19(23,24)25)10-29-11-16(27-28-29)9-26-17(30)13-4-2-1-3-5-13/h1-8,16H,9-11H2,(H,26,30). The molecule has 0 saturated heterocycles. The third-order valence-corrected chi connectivity index (χ3v) is 4.31. The van der Waals surface area contributed by atoms with Crippen molar-refractivity contribution in [2.24, 2.45) is 10.3 Å². The molecule has 0 spiro atoms. The monoisotopic (exact) mass is 430 g/mol. The van der Waals surface area contributed by atoms with Crippen molar-refractivity contribution < 1.29 is 31.1 Å². The Bertz CT molecular complexity index is 895. The van der Waals surface area contributed by atoms with E-state index in [0.717, 1.165) is 0 Å². The predicted molar refractivity (Wildman–Crippen MR) is 94.3 cm³/mol. The predicted octanol–water partition coefficient (Wildman–Crippen LogP) is 4.71. The number of rotatable bonds is 5. The maximum Gasteiger partial charge on any atom is 0.416 e. The van der Waals surface area contributed by atoms with Crippen molar-refractivity contribution in [3.63, 3.8) is 0 Å². The molecule has 0 bridgehead atoms. The van der Waals surface area contributed by atoms with E-state index >= 15 is 0 Å². The van der Waals surface area contributed by atoms with E-state index in [1.54, 1.807) is 30.3 Å². The number of nitrogens with zero attached hydrogens (tertiary/aromatic N) is 3. The highest BCUT2D eigenvalue weighted by Crippen LogP contribution is 2.36. The molecule has 5 nitrogen and oxygen atoms in total. The summed E-state index contributed by atoms with van der Waals surface area (Å²) in [5.41, 5.74) is -2.50. The first-order valence-electron chi connectivity index (χ1n) is 8.80. The van der Waals surface area contributed by atoms with Crippen LogP contribution in [0.15, 0.2) is 58.9 Å². The van der Waals surface area contributed by atoms with Gasteiger partial charge in [-0.1, -0.05) is 23.4 Å². The van der Waals surface area contributed by atoms with Gasteiger partial charge in [-0.3, -0.25) is 9.80 Å². The number of amides is 1. The van der Waals surface area contributed by atoms with Crippen LogP contribution in [0.5, 0.6) is 0 Å². The van der Waals surface area contributed by atoms with Gasteiger partial charge in [0.25, 0.3) is 5.91 Å². The normalized spacial score (nSPS) is 16.7. The minimum absolute atomic E-state index is 0.0803.